The second kappa shape index (κ2) is 11.6. The summed E-state index contributed by atoms with van der Waals surface area (Å²) < 4.78 is 0. The van der Waals surface area contributed by atoms with Crippen LogP contribution in [0.3, 0.4) is 0 Å². The lowest BCUT2D eigenvalue weighted by Crippen LogP contribution is -2.11. The fourth-order valence-electron chi connectivity index (χ4n) is 2.64. The molecule has 2 nitrogen and oxygen atoms in total. The lowest BCUT2D eigenvalue weighted by molar-refractivity contribution is 0.402. The lowest BCUT2D eigenvalue weighted by Gasteiger charge is -2.12. The highest BCUT2D eigenvalue weighted by atomic mass is 15.0. The maximum atomic E-state index is 3.55. The van der Waals surface area contributed by atoms with Gasteiger partial charge in [0.1, 0.15) is 0 Å². The molecule has 0 saturated carbocycles. The Balaban J connectivity index is 2.07. The van der Waals surface area contributed by atoms with Crippen LogP contribution in [0.15, 0.2) is 24.3 Å². The summed E-state index contributed by atoms with van der Waals surface area (Å²) in [6.45, 7) is 4.38. The maximum absolute atomic E-state index is 3.55. The van der Waals surface area contributed by atoms with Crippen LogP contribution in [0.25, 0.3) is 0 Å². The molecule has 120 valence electrons. The first-order valence-electron chi connectivity index (χ1n) is 8.70. The van der Waals surface area contributed by atoms with Gasteiger partial charge in [0.25, 0.3) is 0 Å². The SMILES string of the molecule is CCCCCCCCCCNc1cccc(CN(C)C)c1. The van der Waals surface area contributed by atoms with Gasteiger partial charge in [-0.3, -0.25) is 0 Å². The second-order valence-electron chi connectivity index (χ2n) is 6.34. The van der Waals surface area contributed by atoms with Crippen molar-refractivity contribution in [3.63, 3.8) is 0 Å². The smallest absolute Gasteiger partial charge is 0.0343 e. The van der Waals surface area contributed by atoms with Crippen LogP contribution < -0.4 is 5.32 Å². The molecule has 0 heterocycles. The van der Waals surface area contributed by atoms with Crippen molar-refractivity contribution in [2.24, 2.45) is 0 Å². The average Bonchev–Trinajstić information content (AvgIpc) is 2.45. The first-order chi connectivity index (χ1) is 10.2. The van der Waals surface area contributed by atoms with Crippen LogP contribution in [-0.2, 0) is 6.54 Å². The Morgan fingerprint density at radius 3 is 2.24 bits per heavy atom. The third-order valence-corrected chi connectivity index (χ3v) is 3.79. The van der Waals surface area contributed by atoms with E-state index in [1.54, 1.807) is 0 Å². The van der Waals surface area contributed by atoms with E-state index < -0.39 is 0 Å². The fraction of sp³-hybridized carbons (Fsp3) is 0.684. The van der Waals surface area contributed by atoms with Crippen LogP contribution in [-0.4, -0.2) is 25.5 Å². The third kappa shape index (κ3) is 9.52. The molecule has 0 amide bonds. The summed E-state index contributed by atoms with van der Waals surface area (Å²) >= 11 is 0. The molecule has 0 unspecified atom stereocenters. The highest BCUT2D eigenvalue weighted by Gasteiger charge is 1.97. The van der Waals surface area contributed by atoms with Crippen LogP contribution in [0, 0.1) is 0 Å². The molecule has 0 fully saturated rings. The van der Waals surface area contributed by atoms with Gasteiger partial charge in [-0.05, 0) is 38.2 Å². The van der Waals surface area contributed by atoms with Gasteiger partial charge in [-0.25, -0.2) is 0 Å². The average molecular weight is 290 g/mol. The van der Waals surface area contributed by atoms with Gasteiger partial charge in [0, 0.05) is 18.8 Å². The lowest BCUT2D eigenvalue weighted by atomic mass is 10.1. The van der Waals surface area contributed by atoms with Gasteiger partial charge >= 0.3 is 0 Å². The van der Waals surface area contributed by atoms with E-state index in [0.717, 1.165) is 13.1 Å². The Bertz CT molecular complexity index is 360. The predicted molar refractivity (Wildman–Crippen MR) is 94.9 cm³/mol. The molecule has 1 aromatic carbocycles. The molecule has 0 spiro atoms. The van der Waals surface area contributed by atoms with Crippen LogP contribution in [0.4, 0.5) is 5.69 Å². The van der Waals surface area contributed by atoms with Crippen LogP contribution in [0.1, 0.15) is 63.9 Å². The number of anilines is 1. The second-order valence-corrected chi connectivity index (χ2v) is 6.34. The van der Waals surface area contributed by atoms with Crippen molar-refractivity contribution in [2.75, 3.05) is 26.0 Å². The maximum Gasteiger partial charge on any atom is 0.0343 e. The van der Waals surface area contributed by atoms with E-state index in [9.17, 15) is 0 Å². The first kappa shape index (κ1) is 18.0. The highest BCUT2D eigenvalue weighted by molar-refractivity contribution is 5.45. The van der Waals surface area contributed by atoms with E-state index in [2.05, 4.69) is 55.5 Å². The first-order valence-corrected chi connectivity index (χ1v) is 8.70. The molecule has 0 saturated heterocycles. The van der Waals surface area contributed by atoms with Crippen LogP contribution in [0.2, 0.25) is 0 Å². The summed E-state index contributed by atoms with van der Waals surface area (Å²) in [5, 5.41) is 3.55. The minimum absolute atomic E-state index is 1.01. The van der Waals surface area contributed by atoms with Crippen molar-refractivity contribution in [1.82, 2.24) is 4.90 Å². The quantitative estimate of drug-likeness (QED) is 0.525. The Morgan fingerprint density at radius 1 is 0.905 bits per heavy atom. The molecule has 0 aliphatic carbocycles. The molecular formula is C19H34N2. The number of hydrogen-bond donors (Lipinski definition) is 1. The molecule has 0 aliphatic rings. The summed E-state index contributed by atoms with van der Waals surface area (Å²) in [6, 6.07) is 8.78. The Morgan fingerprint density at radius 2 is 1.57 bits per heavy atom. The standard InChI is InChI=1S/C19H34N2/c1-4-5-6-7-8-9-10-11-15-20-19-14-12-13-18(16-19)17-21(2)3/h12-14,16,20H,4-11,15,17H2,1-3H3. The summed E-state index contributed by atoms with van der Waals surface area (Å²) in [7, 11) is 4.22. The van der Waals surface area contributed by atoms with Crippen molar-refractivity contribution < 1.29 is 0 Å². The van der Waals surface area contributed by atoms with Gasteiger partial charge in [0.05, 0.1) is 0 Å². The zero-order valence-corrected chi connectivity index (χ0v) is 14.3. The predicted octanol–water partition coefficient (Wildman–Crippen LogP) is 5.30. The molecule has 1 aromatic rings. The molecule has 1 rings (SSSR count). The largest absolute Gasteiger partial charge is 0.385 e. The van der Waals surface area contributed by atoms with Crippen LogP contribution in [0.5, 0.6) is 0 Å². The Kier molecular flexibility index (Phi) is 9.98. The van der Waals surface area contributed by atoms with E-state index in [1.807, 2.05) is 0 Å². The molecule has 1 N–H and O–H groups in total. The van der Waals surface area contributed by atoms with Crippen molar-refractivity contribution >= 4 is 5.69 Å². The summed E-state index contributed by atoms with van der Waals surface area (Å²) in [6.07, 6.45) is 11.1. The summed E-state index contributed by atoms with van der Waals surface area (Å²) in [5.41, 5.74) is 2.64. The molecule has 0 aromatic heterocycles. The van der Waals surface area contributed by atoms with Gasteiger partial charge < -0.3 is 10.2 Å². The van der Waals surface area contributed by atoms with E-state index in [-0.39, 0.29) is 0 Å². The summed E-state index contributed by atoms with van der Waals surface area (Å²) in [5.74, 6) is 0. The van der Waals surface area contributed by atoms with Crippen molar-refractivity contribution in [2.45, 2.75) is 64.8 Å². The van der Waals surface area contributed by atoms with Gasteiger partial charge in [-0.15, -0.1) is 0 Å². The Hall–Kier alpha value is -1.02. The zero-order chi connectivity index (χ0) is 15.3. The van der Waals surface area contributed by atoms with E-state index >= 15 is 0 Å². The van der Waals surface area contributed by atoms with Gasteiger partial charge in [0.2, 0.25) is 0 Å². The van der Waals surface area contributed by atoms with Crippen molar-refractivity contribution in [3.05, 3.63) is 29.8 Å². The number of benzene rings is 1. The molecule has 0 aliphatic heterocycles. The number of nitrogens with one attached hydrogen (secondary N) is 1. The van der Waals surface area contributed by atoms with Crippen LogP contribution >= 0.6 is 0 Å². The highest BCUT2D eigenvalue weighted by Crippen LogP contribution is 2.13. The number of rotatable bonds is 12. The normalized spacial score (nSPS) is 11.0. The van der Waals surface area contributed by atoms with Crippen molar-refractivity contribution in [1.29, 1.82) is 0 Å². The molecule has 0 atom stereocenters. The summed E-state index contributed by atoms with van der Waals surface area (Å²) in [4.78, 5) is 2.21. The molecule has 2 heteroatoms. The zero-order valence-electron chi connectivity index (χ0n) is 14.3. The molecule has 0 bridgehead atoms. The fourth-order valence-corrected chi connectivity index (χ4v) is 2.64. The van der Waals surface area contributed by atoms with E-state index in [1.165, 1.54) is 62.6 Å². The minimum Gasteiger partial charge on any atom is -0.385 e. The topological polar surface area (TPSA) is 15.3 Å². The minimum atomic E-state index is 1.01. The monoisotopic (exact) mass is 290 g/mol. The van der Waals surface area contributed by atoms with E-state index in [0.29, 0.717) is 0 Å². The van der Waals surface area contributed by atoms with Gasteiger partial charge in [-0.2, -0.15) is 0 Å². The number of unbranched alkanes of at least 4 members (excludes halogenated alkanes) is 7. The van der Waals surface area contributed by atoms with Gasteiger partial charge in [-0.1, -0.05) is 64.0 Å². The Labute approximate surface area is 131 Å². The van der Waals surface area contributed by atoms with Crippen molar-refractivity contribution in [3.8, 4) is 0 Å². The molecular weight excluding hydrogens is 256 g/mol. The molecule has 0 radical (unpaired) electrons. The third-order valence-electron chi connectivity index (χ3n) is 3.79. The van der Waals surface area contributed by atoms with E-state index in [4.69, 9.17) is 0 Å². The molecule has 21 heavy (non-hydrogen) atoms. The van der Waals surface area contributed by atoms with Gasteiger partial charge in [0.15, 0.2) is 0 Å². The number of nitrogens with zero attached hydrogens (tertiary/aromatic N) is 1. The number of hydrogen-bond acceptors (Lipinski definition) is 2.